The quantitative estimate of drug-likeness (QED) is 0.759. The minimum Gasteiger partial charge on any atom is -0.467 e. The second-order valence-corrected chi connectivity index (χ2v) is 7.96. The summed E-state index contributed by atoms with van der Waals surface area (Å²) < 4.78 is 45.9. The van der Waals surface area contributed by atoms with Gasteiger partial charge in [0.05, 0.1) is 22.9 Å². The average Bonchev–Trinajstić information content (AvgIpc) is 3.09. The molecule has 2 aromatic heterocycles. The van der Waals surface area contributed by atoms with Crippen LogP contribution in [0.25, 0.3) is 10.6 Å². The number of alkyl halides is 3. The zero-order valence-electron chi connectivity index (χ0n) is 16.1. The van der Waals surface area contributed by atoms with Crippen LogP contribution in [0.15, 0.2) is 12.4 Å². The highest BCUT2D eigenvalue weighted by molar-refractivity contribution is 7.16. The molecule has 0 radical (unpaired) electrons. The van der Waals surface area contributed by atoms with Crippen molar-refractivity contribution in [3.63, 3.8) is 0 Å². The Labute approximate surface area is 166 Å². The van der Waals surface area contributed by atoms with E-state index in [-0.39, 0.29) is 23.8 Å². The SMILES string of the molecule is CCN1CCC(Nc2ncc(C(F)(F)F)c(-c3cnc(OC(C)C)s3)n2)CC1. The van der Waals surface area contributed by atoms with Crippen LogP contribution in [0.4, 0.5) is 19.1 Å². The first-order valence-electron chi connectivity index (χ1n) is 9.32. The second kappa shape index (κ2) is 8.60. The van der Waals surface area contributed by atoms with E-state index in [0.29, 0.717) is 10.1 Å². The van der Waals surface area contributed by atoms with E-state index in [9.17, 15) is 13.2 Å². The molecular weight excluding hydrogens is 391 g/mol. The van der Waals surface area contributed by atoms with Gasteiger partial charge >= 0.3 is 6.18 Å². The summed E-state index contributed by atoms with van der Waals surface area (Å²) in [6.45, 7) is 8.68. The van der Waals surface area contributed by atoms with Crippen molar-refractivity contribution in [3.05, 3.63) is 18.0 Å². The van der Waals surface area contributed by atoms with Crippen LogP contribution in [0, 0.1) is 0 Å². The Bertz CT molecular complexity index is 788. The van der Waals surface area contributed by atoms with E-state index in [4.69, 9.17) is 4.74 Å². The van der Waals surface area contributed by atoms with E-state index in [2.05, 4.69) is 32.1 Å². The highest BCUT2D eigenvalue weighted by Crippen LogP contribution is 2.39. The number of anilines is 1. The van der Waals surface area contributed by atoms with Crippen molar-refractivity contribution in [1.29, 1.82) is 0 Å². The van der Waals surface area contributed by atoms with E-state index in [0.717, 1.165) is 50.0 Å². The summed E-state index contributed by atoms with van der Waals surface area (Å²) in [5.74, 6) is 0.206. The molecule has 3 rings (SSSR count). The second-order valence-electron chi connectivity index (χ2n) is 6.96. The number of ether oxygens (including phenoxy) is 1. The summed E-state index contributed by atoms with van der Waals surface area (Å²) in [6.07, 6.45) is -0.653. The number of hydrogen-bond donors (Lipinski definition) is 1. The molecule has 2 aromatic rings. The first-order valence-corrected chi connectivity index (χ1v) is 10.1. The number of nitrogens with zero attached hydrogens (tertiary/aromatic N) is 4. The van der Waals surface area contributed by atoms with Gasteiger partial charge in [0, 0.05) is 25.3 Å². The summed E-state index contributed by atoms with van der Waals surface area (Å²) in [5.41, 5.74) is -1.05. The van der Waals surface area contributed by atoms with Crippen molar-refractivity contribution in [2.75, 3.05) is 25.0 Å². The third kappa shape index (κ3) is 5.11. The van der Waals surface area contributed by atoms with Crippen molar-refractivity contribution in [3.8, 4) is 15.8 Å². The van der Waals surface area contributed by atoms with E-state index in [1.54, 1.807) is 0 Å². The van der Waals surface area contributed by atoms with E-state index >= 15 is 0 Å². The Hall–Kier alpha value is -1.94. The molecule has 28 heavy (non-hydrogen) atoms. The predicted octanol–water partition coefficient (Wildman–Crippen LogP) is 4.30. The minimum absolute atomic E-state index is 0.113. The summed E-state index contributed by atoms with van der Waals surface area (Å²) in [5, 5.41) is 3.51. The first kappa shape index (κ1) is 20.8. The fourth-order valence-electron chi connectivity index (χ4n) is 3.05. The molecule has 1 aliphatic heterocycles. The molecule has 154 valence electrons. The molecule has 3 heterocycles. The van der Waals surface area contributed by atoms with Crippen molar-refractivity contribution in [2.24, 2.45) is 0 Å². The molecule has 6 nitrogen and oxygen atoms in total. The van der Waals surface area contributed by atoms with Crippen LogP contribution in [-0.2, 0) is 6.18 Å². The summed E-state index contributed by atoms with van der Waals surface area (Å²) in [6, 6.07) is 0.147. The molecule has 1 fully saturated rings. The van der Waals surface area contributed by atoms with Crippen molar-refractivity contribution >= 4 is 17.3 Å². The molecule has 0 amide bonds. The average molecular weight is 415 g/mol. The number of likely N-dealkylation sites (tertiary alicyclic amines) is 1. The Morgan fingerprint density at radius 2 is 1.96 bits per heavy atom. The van der Waals surface area contributed by atoms with Gasteiger partial charge in [-0.15, -0.1) is 0 Å². The lowest BCUT2D eigenvalue weighted by atomic mass is 10.1. The molecule has 1 saturated heterocycles. The Balaban J connectivity index is 1.84. The smallest absolute Gasteiger partial charge is 0.420 e. The first-order chi connectivity index (χ1) is 13.3. The minimum atomic E-state index is -4.55. The van der Waals surface area contributed by atoms with E-state index in [1.165, 1.54) is 6.20 Å². The van der Waals surface area contributed by atoms with Crippen LogP contribution in [0.5, 0.6) is 5.19 Å². The van der Waals surface area contributed by atoms with E-state index in [1.807, 2.05) is 13.8 Å². The van der Waals surface area contributed by atoms with Gasteiger partial charge in [-0.3, -0.25) is 0 Å². The van der Waals surface area contributed by atoms with Crippen LogP contribution >= 0.6 is 11.3 Å². The predicted molar refractivity (Wildman–Crippen MR) is 103 cm³/mol. The molecule has 0 atom stereocenters. The van der Waals surface area contributed by atoms with Gasteiger partial charge in [-0.25, -0.2) is 15.0 Å². The largest absolute Gasteiger partial charge is 0.467 e. The van der Waals surface area contributed by atoms with Gasteiger partial charge in [0.15, 0.2) is 0 Å². The number of rotatable bonds is 6. The van der Waals surface area contributed by atoms with Crippen molar-refractivity contribution in [2.45, 2.75) is 51.9 Å². The lowest BCUT2D eigenvalue weighted by molar-refractivity contribution is -0.137. The lowest BCUT2D eigenvalue weighted by Crippen LogP contribution is -2.39. The normalized spacial score (nSPS) is 16.5. The molecule has 0 saturated carbocycles. The van der Waals surface area contributed by atoms with Crippen LogP contribution in [0.2, 0.25) is 0 Å². The third-order valence-electron chi connectivity index (χ3n) is 4.52. The number of halogens is 3. The third-order valence-corrected chi connectivity index (χ3v) is 5.41. The molecule has 1 N–H and O–H groups in total. The maximum Gasteiger partial charge on any atom is 0.420 e. The fourth-order valence-corrected chi connectivity index (χ4v) is 3.94. The molecular formula is C18H24F3N5OS. The van der Waals surface area contributed by atoms with Gasteiger partial charge < -0.3 is 15.0 Å². The molecule has 0 bridgehead atoms. The highest BCUT2D eigenvalue weighted by atomic mass is 32.1. The summed E-state index contributed by atoms with van der Waals surface area (Å²) >= 11 is 1.04. The summed E-state index contributed by atoms with van der Waals surface area (Å²) in [4.78, 5) is 14.8. The number of nitrogens with one attached hydrogen (secondary N) is 1. The zero-order valence-corrected chi connectivity index (χ0v) is 16.9. The number of aromatic nitrogens is 3. The monoisotopic (exact) mass is 415 g/mol. The van der Waals surface area contributed by atoms with E-state index < -0.39 is 11.7 Å². The van der Waals surface area contributed by atoms with Gasteiger partial charge in [-0.2, -0.15) is 13.2 Å². The number of piperidine rings is 1. The van der Waals surface area contributed by atoms with Crippen molar-refractivity contribution in [1.82, 2.24) is 19.9 Å². The Morgan fingerprint density at radius 1 is 1.25 bits per heavy atom. The zero-order chi connectivity index (χ0) is 20.3. The summed E-state index contributed by atoms with van der Waals surface area (Å²) in [7, 11) is 0. The van der Waals surface area contributed by atoms with Gasteiger partial charge in [-0.1, -0.05) is 18.3 Å². The highest BCUT2D eigenvalue weighted by Gasteiger charge is 2.36. The van der Waals surface area contributed by atoms with Crippen LogP contribution < -0.4 is 10.1 Å². The van der Waals surface area contributed by atoms with Gasteiger partial charge in [-0.05, 0) is 33.2 Å². The van der Waals surface area contributed by atoms with Crippen LogP contribution in [0.1, 0.15) is 39.2 Å². The molecule has 0 aliphatic carbocycles. The topological polar surface area (TPSA) is 63.2 Å². The molecule has 0 unspecified atom stereocenters. The fraction of sp³-hybridized carbons (Fsp3) is 0.611. The Kier molecular flexibility index (Phi) is 6.39. The molecule has 0 aromatic carbocycles. The van der Waals surface area contributed by atoms with Gasteiger partial charge in [0.2, 0.25) is 5.95 Å². The standard InChI is InChI=1S/C18H24F3N5OS/c1-4-26-7-5-12(6-8-26)24-16-22-9-13(18(19,20)21)15(25-16)14-10-23-17(28-14)27-11(2)3/h9-12H,4-8H2,1-3H3,(H,22,24,25). The molecule has 10 heteroatoms. The van der Waals surface area contributed by atoms with Gasteiger partial charge in [0.1, 0.15) is 5.56 Å². The number of hydrogen-bond acceptors (Lipinski definition) is 7. The van der Waals surface area contributed by atoms with Gasteiger partial charge in [0.25, 0.3) is 5.19 Å². The lowest BCUT2D eigenvalue weighted by Gasteiger charge is -2.31. The maximum atomic E-state index is 13.5. The van der Waals surface area contributed by atoms with Crippen LogP contribution in [0.3, 0.4) is 0 Å². The number of thiazole rings is 1. The Morgan fingerprint density at radius 3 is 2.57 bits per heavy atom. The molecule has 0 spiro atoms. The van der Waals surface area contributed by atoms with Crippen LogP contribution in [-0.4, -0.2) is 51.6 Å². The van der Waals surface area contributed by atoms with Crippen molar-refractivity contribution < 1.29 is 17.9 Å². The molecule has 1 aliphatic rings. The maximum absolute atomic E-state index is 13.5.